The van der Waals surface area contributed by atoms with Crippen molar-refractivity contribution >= 4 is 105 Å². The fourth-order valence-corrected chi connectivity index (χ4v) is 4.34. The Labute approximate surface area is 241 Å². The molecule has 0 aromatic carbocycles. The molecular formula is C19H14Cl4N6O7S2. The normalized spacial score (nSPS) is 12.8. The number of esters is 3. The van der Waals surface area contributed by atoms with Crippen molar-refractivity contribution in [3.63, 3.8) is 0 Å². The van der Waals surface area contributed by atoms with Crippen molar-refractivity contribution in [1.29, 1.82) is 0 Å². The van der Waals surface area contributed by atoms with E-state index in [1.807, 2.05) is 0 Å². The molecule has 19 heteroatoms. The minimum Gasteiger partial charge on any atom is -0.466 e. The first-order valence-corrected chi connectivity index (χ1v) is 12.6. The quantitative estimate of drug-likeness (QED) is 0.158. The molecule has 0 atom stereocenters. The van der Waals surface area contributed by atoms with E-state index in [-0.39, 0.29) is 46.7 Å². The highest BCUT2D eigenvalue weighted by Crippen LogP contribution is 2.32. The van der Waals surface area contributed by atoms with E-state index in [9.17, 15) is 19.2 Å². The number of nitrogens with one attached hydrogen (secondary N) is 1. The minimum absolute atomic E-state index is 0.0379. The molecule has 2 aromatic heterocycles. The van der Waals surface area contributed by atoms with Gasteiger partial charge in [0.25, 0.3) is 5.56 Å². The number of nitrogen functional groups attached to an aromatic ring is 1. The second-order valence-electron chi connectivity index (χ2n) is 6.17. The van der Waals surface area contributed by atoms with E-state index in [4.69, 9.17) is 52.1 Å². The number of carbonyl (C=O) groups excluding carboxylic acids is 3. The second kappa shape index (κ2) is 14.3. The van der Waals surface area contributed by atoms with Crippen LogP contribution in [-0.2, 0) is 28.6 Å². The van der Waals surface area contributed by atoms with Gasteiger partial charge >= 0.3 is 17.9 Å². The number of nitrogens with zero attached hydrogens (tertiary/aromatic N) is 4. The van der Waals surface area contributed by atoms with Crippen LogP contribution in [0, 0.1) is 0 Å². The van der Waals surface area contributed by atoms with E-state index >= 15 is 0 Å². The van der Waals surface area contributed by atoms with Crippen molar-refractivity contribution in [3.05, 3.63) is 51.2 Å². The zero-order valence-electron chi connectivity index (χ0n) is 19.2. The number of methoxy groups -OCH3 is 3. The van der Waals surface area contributed by atoms with Crippen LogP contribution >= 0.6 is 69.5 Å². The molecular weight excluding hydrogens is 630 g/mol. The Bertz CT molecular complexity index is 1530. The Hall–Kier alpha value is -2.95. The molecule has 3 heterocycles. The smallest absolute Gasteiger partial charge is 0.345 e. The number of aromatic nitrogens is 3. The molecule has 3 rings (SSSR count). The number of hydrogen-bond donors (Lipinski definition) is 2. The summed E-state index contributed by atoms with van der Waals surface area (Å²) in [6.45, 7) is 0. The van der Waals surface area contributed by atoms with Crippen molar-refractivity contribution in [2.24, 2.45) is 4.99 Å². The van der Waals surface area contributed by atoms with Crippen LogP contribution in [0.25, 0.3) is 6.08 Å². The molecule has 3 N–H and O–H groups in total. The molecule has 1 aliphatic heterocycles. The molecule has 202 valence electrons. The molecule has 38 heavy (non-hydrogen) atoms. The van der Waals surface area contributed by atoms with Gasteiger partial charge in [-0.3, -0.25) is 4.79 Å². The van der Waals surface area contributed by atoms with Crippen molar-refractivity contribution in [3.8, 4) is 0 Å². The van der Waals surface area contributed by atoms with E-state index < -0.39 is 23.5 Å². The summed E-state index contributed by atoms with van der Waals surface area (Å²) in [5.74, 6) is -1.96. The Kier molecular flexibility index (Phi) is 11.7. The van der Waals surface area contributed by atoms with Gasteiger partial charge in [-0.1, -0.05) is 58.2 Å². The van der Waals surface area contributed by atoms with Gasteiger partial charge in [-0.25, -0.2) is 29.3 Å². The molecule has 2 aromatic rings. The highest BCUT2D eigenvalue weighted by Gasteiger charge is 2.19. The van der Waals surface area contributed by atoms with Crippen LogP contribution in [0.4, 0.5) is 11.6 Å². The molecule has 0 spiro atoms. The maximum atomic E-state index is 11.6. The van der Waals surface area contributed by atoms with Gasteiger partial charge < -0.3 is 25.3 Å². The summed E-state index contributed by atoms with van der Waals surface area (Å²) in [6.07, 6.45) is 1.99. The van der Waals surface area contributed by atoms with Gasteiger partial charge in [0.15, 0.2) is 31.8 Å². The molecule has 0 radical (unpaired) electrons. The first-order chi connectivity index (χ1) is 17.9. The third-order valence-electron chi connectivity index (χ3n) is 3.74. The Morgan fingerprint density at radius 2 is 1.61 bits per heavy atom. The minimum atomic E-state index is -0.757. The number of carbonyl (C=O) groups is 3. The van der Waals surface area contributed by atoms with E-state index in [0.29, 0.717) is 4.67 Å². The molecule has 0 aliphatic carbocycles. The zero-order chi connectivity index (χ0) is 28.6. The van der Waals surface area contributed by atoms with Gasteiger partial charge in [0.05, 0.1) is 21.3 Å². The predicted molar refractivity (Wildman–Crippen MR) is 142 cm³/mol. The second-order valence-corrected chi connectivity index (χ2v) is 9.68. The summed E-state index contributed by atoms with van der Waals surface area (Å²) in [7, 11) is 3.55. The van der Waals surface area contributed by atoms with E-state index in [2.05, 4.69) is 39.5 Å². The average molecular weight is 644 g/mol. The van der Waals surface area contributed by atoms with Crippen molar-refractivity contribution < 1.29 is 28.6 Å². The third-order valence-corrected chi connectivity index (χ3v) is 7.00. The predicted octanol–water partition coefficient (Wildman–Crippen LogP) is 1.79. The van der Waals surface area contributed by atoms with Crippen LogP contribution < -0.4 is 25.8 Å². The summed E-state index contributed by atoms with van der Waals surface area (Å²) in [4.78, 5) is 60.7. The van der Waals surface area contributed by atoms with Gasteiger partial charge in [0.1, 0.15) is 19.6 Å². The van der Waals surface area contributed by atoms with Crippen molar-refractivity contribution in [2.45, 2.75) is 5.03 Å². The molecule has 0 saturated heterocycles. The number of rotatable bonds is 5. The van der Waals surface area contributed by atoms with E-state index in [1.54, 1.807) is 0 Å². The Morgan fingerprint density at radius 3 is 2.21 bits per heavy atom. The largest absolute Gasteiger partial charge is 0.466 e. The van der Waals surface area contributed by atoms with Gasteiger partial charge in [-0.05, 0) is 0 Å². The monoisotopic (exact) mass is 642 g/mol. The lowest BCUT2D eigenvalue weighted by Crippen LogP contribution is -2.32. The SMILES string of the molecule is COC(=O)/C=C(/Sc1nc(Cl)c(Cl)nc1N)C(=O)OC.COC(=O)/C=c1\sc2c(nc1=O)NC(Cl)=C(Cl)N=2. The Balaban J connectivity index is 0.000000268. The standard InChI is InChI=1S/C10H9Cl2N3O4S.C9H5Cl2N3O3S/c1-18-5(16)3-4(10(17)19-2)20-9-8(13)14-6(11)7(12)15-9;1-17-4(15)2-3-8(16)14-7-9(18-3)13-6(11)5(10)12-7/h3H,1-2H3,(H2,13,14);2H,1H3,(H,12,14,16)/b4-3+;3-2-. The molecule has 1 aliphatic rings. The fourth-order valence-electron chi connectivity index (χ4n) is 2.08. The van der Waals surface area contributed by atoms with Crippen molar-refractivity contribution in [1.82, 2.24) is 15.0 Å². The summed E-state index contributed by atoms with van der Waals surface area (Å²) in [5, 5.41) is 2.75. The number of fused-ring (bicyclic) bond motifs is 1. The third kappa shape index (κ3) is 8.54. The highest BCUT2D eigenvalue weighted by atomic mass is 35.5. The lowest BCUT2D eigenvalue weighted by Gasteiger charge is -2.08. The van der Waals surface area contributed by atoms with Crippen LogP contribution in [0.1, 0.15) is 0 Å². The summed E-state index contributed by atoms with van der Waals surface area (Å²) in [6, 6.07) is 0. The van der Waals surface area contributed by atoms with Gasteiger partial charge in [-0.2, -0.15) is 4.98 Å². The zero-order valence-corrected chi connectivity index (χ0v) is 23.9. The van der Waals surface area contributed by atoms with Gasteiger partial charge in [-0.15, -0.1) is 11.3 Å². The lowest BCUT2D eigenvalue weighted by atomic mass is 10.5. The number of nitrogens with two attached hydrogens (primary N) is 1. The number of ether oxygens (including phenoxy) is 3. The van der Waals surface area contributed by atoms with E-state index in [0.717, 1.165) is 42.4 Å². The molecule has 0 bridgehead atoms. The average Bonchev–Trinajstić information content (AvgIpc) is 2.88. The number of hydrogen-bond acceptors (Lipinski definition) is 15. The van der Waals surface area contributed by atoms with Crippen molar-refractivity contribution in [2.75, 3.05) is 32.4 Å². The van der Waals surface area contributed by atoms with Gasteiger partial charge in [0, 0.05) is 12.2 Å². The summed E-state index contributed by atoms with van der Waals surface area (Å²) in [5.41, 5.74) is 5.04. The Morgan fingerprint density at radius 1 is 0.974 bits per heavy atom. The highest BCUT2D eigenvalue weighted by molar-refractivity contribution is 8.04. The van der Waals surface area contributed by atoms with E-state index in [1.165, 1.54) is 14.2 Å². The van der Waals surface area contributed by atoms with Crippen LogP contribution in [0.2, 0.25) is 10.3 Å². The number of halogens is 4. The first kappa shape index (κ1) is 31.3. The van der Waals surface area contributed by atoms with Crippen LogP contribution in [0.15, 0.2) is 36.1 Å². The van der Waals surface area contributed by atoms with Crippen LogP contribution in [0.3, 0.4) is 0 Å². The lowest BCUT2D eigenvalue weighted by molar-refractivity contribution is -0.137. The van der Waals surface area contributed by atoms with Gasteiger partial charge in [0.2, 0.25) is 0 Å². The summed E-state index contributed by atoms with van der Waals surface area (Å²) < 4.78 is 13.9. The first-order valence-electron chi connectivity index (χ1n) is 9.46. The number of anilines is 2. The van der Waals surface area contributed by atoms with Crippen LogP contribution in [-0.4, -0.2) is 54.2 Å². The topological polar surface area (TPSA) is 185 Å². The molecule has 0 saturated carbocycles. The number of thioether (sulfide) groups is 1. The summed E-state index contributed by atoms with van der Waals surface area (Å²) >= 11 is 24.5. The van der Waals surface area contributed by atoms with Crippen LogP contribution in [0.5, 0.6) is 0 Å². The molecule has 0 unspecified atom stereocenters. The molecule has 0 amide bonds. The molecule has 13 nitrogen and oxygen atoms in total. The maximum Gasteiger partial charge on any atom is 0.345 e. The fraction of sp³-hybridized carbons (Fsp3) is 0.158. The maximum absolute atomic E-state index is 11.6. The molecule has 0 fully saturated rings.